The molecular formula is C17H18FNS. The van der Waals surface area contributed by atoms with Crippen LogP contribution >= 0.6 is 11.9 Å². The molecule has 20 heavy (non-hydrogen) atoms. The minimum atomic E-state index is -0.201. The minimum Gasteiger partial charge on any atom is -0.284 e. The predicted molar refractivity (Wildman–Crippen MR) is 85.7 cm³/mol. The fourth-order valence-electron chi connectivity index (χ4n) is 1.99. The van der Waals surface area contributed by atoms with Crippen LogP contribution in [0.4, 0.5) is 4.39 Å². The molecule has 1 nitrogen and oxygen atoms in total. The van der Waals surface area contributed by atoms with Crippen molar-refractivity contribution in [3.8, 4) is 0 Å². The van der Waals surface area contributed by atoms with E-state index in [0.717, 1.165) is 4.90 Å². The molecule has 0 aliphatic rings. The number of halogens is 1. The van der Waals surface area contributed by atoms with Crippen molar-refractivity contribution in [3.05, 3.63) is 66.1 Å². The lowest BCUT2D eigenvalue weighted by atomic mass is 10.2. The summed E-state index contributed by atoms with van der Waals surface area (Å²) in [4.78, 5) is 1.03. The molecule has 0 bridgehead atoms. The van der Waals surface area contributed by atoms with Crippen molar-refractivity contribution in [1.29, 1.82) is 0 Å². The third-order valence-electron chi connectivity index (χ3n) is 2.85. The molecule has 0 atom stereocenters. The molecule has 1 aromatic heterocycles. The summed E-state index contributed by atoms with van der Waals surface area (Å²) in [6, 6.07) is 17.0. The number of fused-ring (bicyclic) bond motifs is 1. The molecule has 3 rings (SSSR count). The number of rotatable bonds is 2. The standard InChI is InChI=1S/C15H12FNS.C2H6/c1-11-10-12-4-2-3-5-15(12)17(11)18-14-8-6-13(16)7-9-14;1-2/h2-10H,1H3;1-2H3. The predicted octanol–water partition coefficient (Wildman–Crippen LogP) is 5.67. The summed E-state index contributed by atoms with van der Waals surface area (Å²) in [6.45, 7) is 6.08. The van der Waals surface area contributed by atoms with Crippen LogP contribution in [0, 0.1) is 12.7 Å². The van der Waals surface area contributed by atoms with Gasteiger partial charge in [0.25, 0.3) is 0 Å². The average Bonchev–Trinajstić information content (AvgIpc) is 2.80. The molecule has 2 aromatic carbocycles. The van der Waals surface area contributed by atoms with Crippen molar-refractivity contribution in [2.45, 2.75) is 25.7 Å². The van der Waals surface area contributed by atoms with Crippen molar-refractivity contribution in [3.63, 3.8) is 0 Å². The van der Waals surface area contributed by atoms with E-state index in [-0.39, 0.29) is 5.82 Å². The van der Waals surface area contributed by atoms with Gasteiger partial charge >= 0.3 is 0 Å². The molecule has 0 spiro atoms. The zero-order valence-corrected chi connectivity index (χ0v) is 12.7. The van der Waals surface area contributed by atoms with Crippen LogP contribution in [-0.4, -0.2) is 3.97 Å². The van der Waals surface area contributed by atoms with Gasteiger partial charge in [0.05, 0.1) is 5.52 Å². The molecule has 3 heteroatoms. The SMILES string of the molecule is CC.Cc1cc2ccccc2n1Sc1ccc(F)cc1. The third kappa shape index (κ3) is 3.05. The first-order chi connectivity index (χ1) is 9.74. The fraction of sp³-hybridized carbons (Fsp3) is 0.176. The lowest BCUT2D eigenvalue weighted by molar-refractivity contribution is 0.626. The molecule has 0 saturated heterocycles. The quantitative estimate of drug-likeness (QED) is 0.588. The highest BCUT2D eigenvalue weighted by molar-refractivity contribution is 7.98. The van der Waals surface area contributed by atoms with Crippen LogP contribution in [0.25, 0.3) is 10.9 Å². The summed E-state index contributed by atoms with van der Waals surface area (Å²) in [5.41, 5.74) is 2.37. The first-order valence-corrected chi connectivity index (χ1v) is 7.52. The molecule has 0 aliphatic heterocycles. The van der Waals surface area contributed by atoms with Gasteiger partial charge in [-0.3, -0.25) is 3.97 Å². The van der Waals surface area contributed by atoms with E-state index in [1.54, 1.807) is 24.1 Å². The molecule has 0 N–H and O–H groups in total. The summed E-state index contributed by atoms with van der Waals surface area (Å²) in [5.74, 6) is -0.201. The molecule has 0 unspecified atom stereocenters. The molecule has 0 fully saturated rings. The van der Waals surface area contributed by atoms with Crippen molar-refractivity contribution >= 4 is 22.9 Å². The second kappa shape index (κ2) is 6.62. The summed E-state index contributed by atoms with van der Waals surface area (Å²) in [5, 5.41) is 1.23. The van der Waals surface area contributed by atoms with E-state index in [1.165, 1.54) is 28.7 Å². The van der Waals surface area contributed by atoms with E-state index >= 15 is 0 Å². The van der Waals surface area contributed by atoms with Crippen LogP contribution in [0.3, 0.4) is 0 Å². The fourth-order valence-corrected chi connectivity index (χ4v) is 2.92. The Kier molecular flexibility index (Phi) is 4.85. The Morgan fingerprint density at radius 1 is 0.950 bits per heavy atom. The van der Waals surface area contributed by atoms with E-state index < -0.39 is 0 Å². The smallest absolute Gasteiger partial charge is 0.123 e. The van der Waals surface area contributed by atoms with Crippen LogP contribution in [0.15, 0.2) is 59.5 Å². The van der Waals surface area contributed by atoms with Crippen molar-refractivity contribution in [1.82, 2.24) is 3.97 Å². The number of aromatic nitrogens is 1. The molecule has 104 valence electrons. The van der Waals surface area contributed by atoms with Gasteiger partial charge < -0.3 is 0 Å². The zero-order valence-electron chi connectivity index (χ0n) is 11.9. The van der Waals surface area contributed by atoms with Gasteiger partial charge in [-0.05, 0) is 55.3 Å². The number of nitrogens with zero attached hydrogens (tertiary/aromatic N) is 1. The van der Waals surface area contributed by atoms with Crippen LogP contribution in [-0.2, 0) is 0 Å². The van der Waals surface area contributed by atoms with Gasteiger partial charge in [-0.25, -0.2) is 4.39 Å². The molecule has 3 aromatic rings. The second-order valence-electron chi connectivity index (χ2n) is 4.18. The van der Waals surface area contributed by atoms with Gasteiger partial charge in [0, 0.05) is 16.0 Å². The first kappa shape index (κ1) is 14.7. The van der Waals surface area contributed by atoms with E-state index in [1.807, 2.05) is 26.0 Å². The van der Waals surface area contributed by atoms with Gasteiger partial charge in [0.1, 0.15) is 5.82 Å². The Bertz CT molecular complexity index is 686. The number of benzene rings is 2. The topological polar surface area (TPSA) is 4.93 Å². The van der Waals surface area contributed by atoms with E-state index in [2.05, 4.69) is 29.1 Å². The maximum absolute atomic E-state index is 12.9. The molecule has 0 saturated carbocycles. The summed E-state index contributed by atoms with van der Waals surface area (Å²) < 4.78 is 15.1. The lowest BCUT2D eigenvalue weighted by Crippen LogP contribution is -1.89. The van der Waals surface area contributed by atoms with Gasteiger partial charge in [0.15, 0.2) is 0 Å². The highest BCUT2D eigenvalue weighted by Crippen LogP contribution is 2.29. The zero-order chi connectivity index (χ0) is 14.5. The average molecular weight is 287 g/mol. The summed E-state index contributed by atoms with van der Waals surface area (Å²) in [7, 11) is 0. The third-order valence-corrected chi connectivity index (χ3v) is 4.00. The molecule has 0 aliphatic carbocycles. The Labute approximate surface area is 123 Å². The van der Waals surface area contributed by atoms with Crippen LogP contribution in [0.5, 0.6) is 0 Å². The van der Waals surface area contributed by atoms with E-state index in [0.29, 0.717) is 0 Å². The second-order valence-corrected chi connectivity index (χ2v) is 5.20. The Hall–Kier alpha value is -1.74. The molecule has 0 amide bonds. The van der Waals surface area contributed by atoms with E-state index in [4.69, 9.17) is 0 Å². The number of hydrogen-bond acceptors (Lipinski definition) is 1. The minimum absolute atomic E-state index is 0.201. The molecular weight excluding hydrogens is 269 g/mol. The maximum Gasteiger partial charge on any atom is 0.123 e. The van der Waals surface area contributed by atoms with Crippen molar-refractivity contribution < 1.29 is 4.39 Å². The monoisotopic (exact) mass is 287 g/mol. The Morgan fingerprint density at radius 3 is 2.30 bits per heavy atom. The number of hydrogen-bond donors (Lipinski definition) is 0. The first-order valence-electron chi connectivity index (χ1n) is 6.75. The van der Waals surface area contributed by atoms with E-state index in [9.17, 15) is 4.39 Å². The van der Waals surface area contributed by atoms with Gasteiger partial charge in [0.2, 0.25) is 0 Å². The number of aryl methyl sites for hydroxylation is 1. The van der Waals surface area contributed by atoms with Crippen LogP contribution < -0.4 is 0 Å². The maximum atomic E-state index is 12.9. The Balaban J connectivity index is 0.000000704. The largest absolute Gasteiger partial charge is 0.284 e. The van der Waals surface area contributed by atoms with Crippen molar-refractivity contribution in [2.24, 2.45) is 0 Å². The summed E-state index contributed by atoms with van der Waals surface area (Å²) >= 11 is 1.61. The van der Waals surface area contributed by atoms with Gasteiger partial charge in [-0.1, -0.05) is 32.0 Å². The summed E-state index contributed by atoms with van der Waals surface area (Å²) in [6.07, 6.45) is 0. The number of para-hydroxylation sites is 1. The molecule has 1 heterocycles. The van der Waals surface area contributed by atoms with Crippen LogP contribution in [0.2, 0.25) is 0 Å². The van der Waals surface area contributed by atoms with Gasteiger partial charge in [-0.15, -0.1) is 0 Å². The normalized spacial score (nSPS) is 10.2. The van der Waals surface area contributed by atoms with Gasteiger partial charge in [-0.2, -0.15) is 0 Å². The van der Waals surface area contributed by atoms with Crippen molar-refractivity contribution in [2.75, 3.05) is 0 Å². The van der Waals surface area contributed by atoms with Crippen LogP contribution in [0.1, 0.15) is 19.5 Å². The highest BCUT2D eigenvalue weighted by Gasteiger charge is 2.06. The Morgan fingerprint density at radius 2 is 1.60 bits per heavy atom. The molecule has 0 radical (unpaired) electrons. The highest BCUT2D eigenvalue weighted by atomic mass is 32.2. The lowest BCUT2D eigenvalue weighted by Gasteiger charge is -2.06.